The predicted octanol–water partition coefficient (Wildman–Crippen LogP) is 3.91. The van der Waals surface area contributed by atoms with Gasteiger partial charge in [-0.25, -0.2) is 4.98 Å². The molecule has 1 aromatic heterocycles. The average Bonchev–Trinajstić information content (AvgIpc) is 3.28. The molecular weight excluding hydrogens is 500 g/mol. The van der Waals surface area contributed by atoms with Gasteiger partial charge in [0.2, 0.25) is 11.8 Å². The van der Waals surface area contributed by atoms with E-state index in [-0.39, 0.29) is 18.4 Å². The van der Waals surface area contributed by atoms with E-state index < -0.39 is 11.8 Å². The van der Waals surface area contributed by atoms with Crippen LogP contribution in [0.3, 0.4) is 0 Å². The molecule has 40 heavy (non-hydrogen) atoms. The number of amides is 2. The first kappa shape index (κ1) is 29.3. The van der Waals surface area contributed by atoms with Crippen molar-refractivity contribution < 1.29 is 9.59 Å². The zero-order valence-electron chi connectivity index (χ0n) is 24.8. The van der Waals surface area contributed by atoms with Crippen LogP contribution in [0.15, 0.2) is 70.7 Å². The van der Waals surface area contributed by atoms with Crippen molar-refractivity contribution in [3.8, 4) is 0 Å². The highest BCUT2D eigenvalue weighted by Crippen LogP contribution is 2.44. The highest BCUT2D eigenvalue weighted by atomic mass is 16.2. The van der Waals surface area contributed by atoms with E-state index >= 15 is 0 Å². The van der Waals surface area contributed by atoms with Crippen LogP contribution in [-0.2, 0) is 9.59 Å². The van der Waals surface area contributed by atoms with Gasteiger partial charge in [0.25, 0.3) is 0 Å². The van der Waals surface area contributed by atoms with E-state index in [1.54, 1.807) is 0 Å². The Hall–Kier alpha value is -3.65. The average molecular weight is 545 g/mol. The molecule has 2 aliphatic heterocycles. The number of hydrogen-bond acceptors (Lipinski definition) is 6. The molecule has 4 rings (SSSR count). The summed E-state index contributed by atoms with van der Waals surface area (Å²) in [5.74, 6) is -0.164. The van der Waals surface area contributed by atoms with E-state index in [4.69, 9.17) is 10.7 Å². The monoisotopic (exact) mass is 544 g/mol. The maximum atomic E-state index is 13.8. The van der Waals surface area contributed by atoms with Gasteiger partial charge in [0.15, 0.2) is 0 Å². The molecule has 1 saturated heterocycles. The SMILES string of the molecule is CC[C@H](C)N1C=C(C)C2C1=CC(c1ccc(N3CCNCC3)nc1)=CC2C(=O)NC/C(C(N)=O)=C(\C)C=C(C)C. The molecule has 3 atom stereocenters. The van der Waals surface area contributed by atoms with E-state index in [0.717, 1.165) is 72.0 Å². The van der Waals surface area contributed by atoms with Gasteiger partial charge in [0, 0.05) is 68.4 Å². The van der Waals surface area contributed by atoms with Crippen LogP contribution in [-0.4, -0.2) is 60.5 Å². The summed E-state index contributed by atoms with van der Waals surface area (Å²) < 4.78 is 0. The summed E-state index contributed by atoms with van der Waals surface area (Å²) in [4.78, 5) is 35.4. The number of hydrogen-bond donors (Lipinski definition) is 3. The largest absolute Gasteiger partial charge is 0.366 e. The third-order valence-corrected chi connectivity index (χ3v) is 8.08. The second-order valence-electron chi connectivity index (χ2n) is 11.3. The lowest BCUT2D eigenvalue weighted by molar-refractivity contribution is -0.124. The summed E-state index contributed by atoms with van der Waals surface area (Å²) >= 11 is 0. The number of anilines is 1. The number of primary amides is 1. The van der Waals surface area contributed by atoms with Crippen LogP contribution in [0.2, 0.25) is 0 Å². The Balaban J connectivity index is 1.65. The molecule has 0 spiro atoms. The van der Waals surface area contributed by atoms with E-state index in [1.165, 1.54) is 0 Å². The lowest BCUT2D eigenvalue weighted by Gasteiger charge is -2.33. The molecule has 0 saturated carbocycles. The topological polar surface area (TPSA) is 104 Å². The van der Waals surface area contributed by atoms with E-state index in [2.05, 4.69) is 71.7 Å². The number of fused-ring (bicyclic) bond motifs is 1. The summed E-state index contributed by atoms with van der Waals surface area (Å²) in [5, 5.41) is 6.41. The van der Waals surface area contributed by atoms with Crippen LogP contribution in [0.5, 0.6) is 0 Å². The maximum Gasteiger partial charge on any atom is 0.246 e. The van der Waals surface area contributed by atoms with Gasteiger partial charge in [0.1, 0.15) is 5.82 Å². The number of pyridine rings is 1. The number of carbonyl (C=O) groups excluding carboxylic acids is 2. The Morgan fingerprint density at radius 3 is 2.55 bits per heavy atom. The number of rotatable bonds is 9. The molecule has 3 aliphatic rings. The van der Waals surface area contributed by atoms with Crippen LogP contribution >= 0.6 is 0 Å². The highest BCUT2D eigenvalue weighted by molar-refractivity contribution is 5.95. The van der Waals surface area contributed by atoms with E-state index in [1.807, 2.05) is 33.0 Å². The van der Waals surface area contributed by atoms with Gasteiger partial charge in [0.05, 0.1) is 5.92 Å². The van der Waals surface area contributed by atoms with E-state index in [9.17, 15) is 9.59 Å². The summed E-state index contributed by atoms with van der Waals surface area (Å²) in [6, 6.07) is 4.47. The lowest BCUT2D eigenvalue weighted by atomic mass is 9.78. The molecule has 3 heterocycles. The standard InChI is InChI=1S/C32H44N6O2/c1-7-23(6)38-19-22(5)30-26(32(40)36-18-27(31(33)39)21(4)14-20(2)3)15-25(16-28(30)38)24-8-9-29(35-17-24)37-12-10-34-11-13-37/h8-9,14-17,19,23,26,30,34H,7,10-13,18H2,1-6H3,(H2,33,39)(H,36,40)/b27-21-/t23-,26?,30?/m0/s1. The Morgan fingerprint density at radius 1 is 1.23 bits per heavy atom. The normalized spacial score (nSPS) is 21.9. The molecule has 1 fully saturated rings. The summed E-state index contributed by atoms with van der Waals surface area (Å²) in [6.45, 7) is 16.1. The van der Waals surface area contributed by atoms with Crippen molar-refractivity contribution >= 4 is 23.2 Å². The first-order valence-corrected chi connectivity index (χ1v) is 14.3. The Kier molecular flexibility index (Phi) is 9.30. The number of allylic oxidation sites excluding steroid dienone is 6. The van der Waals surface area contributed by atoms with Crippen molar-refractivity contribution in [1.82, 2.24) is 20.5 Å². The van der Waals surface area contributed by atoms with Crippen molar-refractivity contribution in [2.75, 3.05) is 37.6 Å². The van der Waals surface area contributed by atoms with Crippen LogP contribution < -0.4 is 21.3 Å². The van der Waals surface area contributed by atoms with Gasteiger partial charge in [-0.05, 0) is 81.5 Å². The number of nitrogens with one attached hydrogen (secondary N) is 2. The number of piperazine rings is 1. The summed E-state index contributed by atoms with van der Waals surface area (Å²) in [7, 11) is 0. The lowest BCUT2D eigenvalue weighted by Crippen LogP contribution is -2.43. The van der Waals surface area contributed by atoms with Crippen LogP contribution in [0.1, 0.15) is 53.5 Å². The van der Waals surface area contributed by atoms with Gasteiger partial charge in [-0.2, -0.15) is 0 Å². The second-order valence-corrected chi connectivity index (χ2v) is 11.3. The molecule has 4 N–H and O–H groups in total. The zero-order valence-corrected chi connectivity index (χ0v) is 24.8. The minimum absolute atomic E-state index is 0.0641. The second kappa shape index (κ2) is 12.7. The smallest absolute Gasteiger partial charge is 0.246 e. The number of aromatic nitrogens is 1. The van der Waals surface area contributed by atoms with Gasteiger partial charge in [-0.15, -0.1) is 0 Å². The van der Waals surface area contributed by atoms with Crippen molar-refractivity contribution in [3.63, 3.8) is 0 Å². The molecule has 0 radical (unpaired) electrons. The van der Waals surface area contributed by atoms with E-state index in [0.29, 0.717) is 11.6 Å². The Bertz CT molecular complexity index is 1280. The molecule has 0 bridgehead atoms. The van der Waals surface area contributed by atoms with Crippen molar-refractivity contribution in [2.24, 2.45) is 17.6 Å². The van der Waals surface area contributed by atoms with Gasteiger partial charge < -0.3 is 26.2 Å². The van der Waals surface area contributed by atoms with Crippen molar-refractivity contribution in [3.05, 3.63) is 76.3 Å². The van der Waals surface area contributed by atoms with Gasteiger partial charge >= 0.3 is 0 Å². The molecule has 0 aromatic carbocycles. The third-order valence-electron chi connectivity index (χ3n) is 8.08. The van der Waals surface area contributed by atoms with Crippen molar-refractivity contribution in [2.45, 2.75) is 54.0 Å². The molecule has 1 aliphatic carbocycles. The predicted molar refractivity (Wildman–Crippen MR) is 162 cm³/mol. The third kappa shape index (κ3) is 6.39. The zero-order chi connectivity index (χ0) is 29.0. The fourth-order valence-corrected chi connectivity index (χ4v) is 5.75. The number of carbonyl (C=O) groups is 2. The first-order chi connectivity index (χ1) is 19.1. The molecule has 8 heteroatoms. The summed E-state index contributed by atoms with van der Waals surface area (Å²) in [6.07, 6.45) is 11.3. The fraction of sp³-hybridized carbons (Fsp3) is 0.469. The number of nitrogens with zero attached hydrogens (tertiary/aromatic N) is 3. The van der Waals surface area contributed by atoms with Crippen LogP contribution in [0.25, 0.3) is 5.57 Å². The quantitative estimate of drug-likeness (QED) is 0.322. The minimum atomic E-state index is -0.522. The summed E-state index contributed by atoms with van der Waals surface area (Å²) in [5.41, 5.74) is 12.2. The molecule has 214 valence electrons. The van der Waals surface area contributed by atoms with Crippen LogP contribution in [0.4, 0.5) is 5.82 Å². The Morgan fingerprint density at radius 2 is 1.95 bits per heavy atom. The fourth-order valence-electron chi connectivity index (χ4n) is 5.75. The highest BCUT2D eigenvalue weighted by Gasteiger charge is 2.40. The minimum Gasteiger partial charge on any atom is -0.366 e. The first-order valence-electron chi connectivity index (χ1n) is 14.3. The molecule has 2 unspecified atom stereocenters. The number of nitrogens with two attached hydrogens (primary N) is 1. The maximum absolute atomic E-state index is 13.8. The van der Waals surface area contributed by atoms with Gasteiger partial charge in [-0.1, -0.05) is 24.6 Å². The molecule has 2 amide bonds. The molecule has 8 nitrogen and oxygen atoms in total. The Labute approximate surface area is 238 Å². The van der Waals surface area contributed by atoms with Crippen LogP contribution in [0, 0.1) is 11.8 Å². The molecular formula is C32H44N6O2. The molecule has 1 aromatic rings. The van der Waals surface area contributed by atoms with Crippen molar-refractivity contribution in [1.29, 1.82) is 0 Å². The van der Waals surface area contributed by atoms with Gasteiger partial charge in [-0.3, -0.25) is 9.59 Å².